The van der Waals surface area contributed by atoms with Crippen molar-refractivity contribution in [2.75, 3.05) is 62.3 Å². The Morgan fingerprint density at radius 1 is 0.982 bits per heavy atom. The predicted octanol–water partition coefficient (Wildman–Crippen LogP) is 5.85. The molecule has 3 aliphatic rings. The number of pyridine rings is 1. The zero-order valence-corrected chi connectivity index (χ0v) is 35.1. The third-order valence-corrected chi connectivity index (χ3v) is 9.17. The van der Waals surface area contributed by atoms with Crippen LogP contribution in [0.1, 0.15) is 95.4 Å². The molecule has 2 aromatic rings. The zero-order valence-electron chi connectivity index (χ0n) is 34.3. The molecule has 2 aromatic heterocycles. The number of rotatable bonds is 9. The number of anilines is 2. The molecule has 3 saturated heterocycles. The number of esters is 1. The van der Waals surface area contributed by atoms with Gasteiger partial charge in [0.1, 0.15) is 28.1 Å². The summed E-state index contributed by atoms with van der Waals surface area (Å²) < 4.78 is 38.6. The molecule has 308 valence electrons. The van der Waals surface area contributed by atoms with Crippen molar-refractivity contribution in [3.8, 4) is 0 Å². The van der Waals surface area contributed by atoms with Crippen molar-refractivity contribution in [3.63, 3.8) is 0 Å². The Bertz CT molecular complexity index is 1680. The fraction of sp³-hybridized carbons (Fsp3) is 0.737. The number of hydrogen-bond acceptors (Lipinski definition) is 13. The number of piperazine rings is 2. The van der Waals surface area contributed by atoms with Gasteiger partial charge in [0.05, 0.1) is 36.6 Å². The molecule has 0 aliphatic carbocycles. The molecule has 3 atom stereocenters. The Balaban J connectivity index is 0.00000331. The van der Waals surface area contributed by atoms with Crippen molar-refractivity contribution in [3.05, 3.63) is 17.2 Å². The van der Waals surface area contributed by atoms with Crippen LogP contribution in [0.5, 0.6) is 0 Å². The summed E-state index contributed by atoms with van der Waals surface area (Å²) >= 11 is 6.17. The third-order valence-electron chi connectivity index (χ3n) is 8.91. The summed E-state index contributed by atoms with van der Waals surface area (Å²) in [7, 11) is 0. The molecule has 3 aliphatic heterocycles. The quantitative estimate of drug-likeness (QED) is 0.135. The first-order chi connectivity index (χ1) is 25.6. The number of carbonyl (C=O) groups excluding carboxylic acids is 3. The van der Waals surface area contributed by atoms with E-state index >= 15 is 4.39 Å². The Hall–Kier alpha value is -3.76. The smallest absolute Gasteiger partial charge is 0.411 e. The topological polar surface area (TPSA) is 161 Å². The highest BCUT2D eigenvalue weighted by Gasteiger charge is 2.55. The maximum absolute atomic E-state index is 15.7. The maximum atomic E-state index is 15.7. The van der Waals surface area contributed by atoms with E-state index in [1.165, 1.54) is 6.20 Å². The van der Waals surface area contributed by atoms with Crippen molar-refractivity contribution in [1.82, 2.24) is 30.5 Å². The summed E-state index contributed by atoms with van der Waals surface area (Å²) in [5.41, 5.74) is -2.80. The first-order valence-electron chi connectivity index (χ1n) is 19.2. The van der Waals surface area contributed by atoms with Crippen molar-refractivity contribution < 1.29 is 37.7 Å². The van der Waals surface area contributed by atoms with E-state index in [1.54, 1.807) is 46.4 Å². The second kappa shape index (κ2) is 17.6. The molecule has 2 bridgehead atoms. The highest BCUT2D eigenvalue weighted by Crippen LogP contribution is 2.43. The molecule has 0 radical (unpaired) electrons. The fourth-order valence-corrected chi connectivity index (χ4v) is 7.08. The number of aromatic nitrogens is 3. The summed E-state index contributed by atoms with van der Waals surface area (Å²) in [5.74, 6) is -0.397. The van der Waals surface area contributed by atoms with Gasteiger partial charge in [0.2, 0.25) is 5.95 Å². The molecular weight excluding hydrogens is 735 g/mol. The van der Waals surface area contributed by atoms with Crippen LogP contribution < -0.4 is 20.4 Å². The number of carbonyl (C=O) groups is 3. The van der Waals surface area contributed by atoms with Crippen LogP contribution >= 0.6 is 11.6 Å². The van der Waals surface area contributed by atoms with Gasteiger partial charge in [-0.05, 0) is 75.2 Å². The van der Waals surface area contributed by atoms with Gasteiger partial charge in [-0.25, -0.2) is 23.9 Å². The molecule has 3 fully saturated rings. The summed E-state index contributed by atoms with van der Waals surface area (Å²) in [5, 5.41) is 6.27. The predicted molar refractivity (Wildman–Crippen MR) is 209 cm³/mol. The number of hydrogen-bond donors (Lipinski definition) is 2. The van der Waals surface area contributed by atoms with Crippen LogP contribution in [-0.2, 0) is 23.7 Å². The average molecular weight is 795 g/mol. The normalized spacial score (nSPS) is 21.5. The van der Waals surface area contributed by atoms with Crippen LogP contribution in [0.15, 0.2) is 6.20 Å². The SMILES string of the molecule is CC.CC(C)(C)OC(=O)CCOCC12CCC(CN(c3nc(N4CCNC(CNC(=O)OC(C)(C)C)C4)nc4c(F)c(Cl)ncc34)C1)N2C(=O)OC(C)(C)C. The number of ether oxygens (including phenoxy) is 4. The van der Waals surface area contributed by atoms with Crippen LogP contribution in [0.4, 0.5) is 25.7 Å². The van der Waals surface area contributed by atoms with E-state index in [0.29, 0.717) is 62.7 Å². The van der Waals surface area contributed by atoms with E-state index in [9.17, 15) is 14.4 Å². The van der Waals surface area contributed by atoms with Crippen LogP contribution in [0.25, 0.3) is 10.9 Å². The number of amides is 2. The number of nitrogens with zero attached hydrogens (tertiary/aromatic N) is 6. The molecular formula is C38H60ClFN8O7. The van der Waals surface area contributed by atoms with Gasteiger partial charge in [-0.15, -0.1) is 0 Å². The van der Waals surface area contributed by atoms with E-state index in [0.717, 1.165) is 0 Å². The fourth-order valence-electron chi connectivity index (χ4n) is 6.94. The zero-order chi connectivity index (χ0) is 40.9. The maximum Gasteiger partial charge on any atom is 0.411 e. The average Bonchev–Trinajstić information content (AvgIpc) is 3.32. The van der Waals surface area contributed by atoms with E-state index in [1.807, 2.05) is 44.4 Å². The van der Waals surface area contributed by atoms with Crippen LogP contribution in [0.2, 0.25) is 5.15 Å². The minimum Gasteiger partial charge on any atom is -0.460 e. The van der Waals surface area contributed by atoms with Crippen molar-refractivity contribution in [2.45, 2.75) is 130 Å². The lowest BCUT2D eigenvalue weighted by Crippen LogP contribution is -2.66. The largest absolute Gasteiger partial charge is 0.460 e. The van der Waals surface area contributed by atoms with Crippen molar-refractivity contribution >= 4 is 52.4 Å². The number of nitrogens with one attached hydrogen (secondary N) is 2. The Morgan fingerprint density at radius 3 is 2.31 bits per heavy atom. The lowest BCUT2D eigenvalue weighted by molar-refractivity contribution is -0.156. The molecule has 17 heteroatoms. The molecule has 0 aromatic carbocycles. The minimum absolute atomic E-state index is 0.0246. The molecule has 2 N–H and O–H groups in total. The second-order valence-electron chi connectivity index (χ2n) is 17.0. The van der Waals surface area contributed by atoms with Gasteiger partial charge < -0.3 is 39.4 Å². The van der Waals surface area contributed by atoms with Gasteiger partial charge in [0.15, 0.2) is 11.0 Å². The molecule has 15 nitrogen and oxygen atoms in total. The van der Waals surface area contributed by atoms with E-state index < -0.39 is 40.3 Å². The molecule has 5 rings (SSSR count). The van der Waals surface area contributed by atoms with Crippen LogP contribution in [0, 0.1) is 5.82 Å². The number of fused-ring (bicyclic) bond motifs is 3. The molecule has 0 spiro atoms. The number of alkyl carbamates (subject to hydrolysis) is 1. The van der Waals surface area contributed by atoms with Crippen LogP contribution in [-0.4, -0.2) is 125 Å². The van der Waals surface area contributed by atoms with Gasteiger partial charge in [-0.1, -0.05) is 25.4 Å². The van der Waals surface area contributed by atoms with E-state index in [-0.39, 0.29) is 54.9 Å². The van der Waals surface area contributed by atoms with E-state index in [2.05, 4.69) is 20.6 Å². The summed E-state index contributed by atoms with van der Waals surface area (Å²) in [6.45, 7) is 23.0. The first-order valence-corrected chi connectivity index (χ1v) is 19.5. The minimum atomic E-state index is -0.845. The van der Waals surface area contributed by atoms with Gasteiger partial charge in [0, 0.05) is 51.5 Å². The third kappa shape index (κ3) is 11.6. The van der Waals surface area contributed by atoms with E-state index in [4.69, 9.17) is 35.5 Å². The van der Waals surface area contributed by atoms with Crippen molar-refractivity contribution in [1.29, 1.82) is 0 Å². The van der Waals surface area contributed by atoms with Gasteiger partial charge >= 0.3 is 18.2 Å². The highest BCUT2D eigenvalue weighted by molar-refractivity contribution is 6.30. The second-order valence-corrected chi connectivity index (χ2v) is 17.3. The Kier molecular flexibility index (Phi) is 14.1. The summed E-state index contributed by atoms with van der Waals surface area (Å²) in [6, 6.07) is -0.437. The summed E-state index contributed by atoms with van der Waals surface area (Å²) in [4.78, 5) is 58.1. The monoisotopic (exact) mass is 794 g/mol. The first kappa shape index (κ1) is 44.0. The number of halogens is 2. The molecule has 55 heavy (non-hydrogen) atoms. The standard InChI is InChI=1S/C36H54ClFN8O7.C2H6/c1-33(2,3)51-25(47)11-15-50-21-36-12-10-23(46(36)32(49)53-35(7,8)9)19-45(20-36)29-24-17-40-28(37)26(38)27(24)42-30(43-29)44-14-13-39-22(18-44)16-41-31(48)52-34(4,5)6;1-2/h17,22-23,39H,10-16,18-21H2,1-9H3,(H,41,48);1-2H3. The van der Waals surface area contributed by atoms with Crippen molar-refractivity contribution in [2.24, 2.45) is 0 Å². The molecule has 2 amide bonds. The highest BCUT2D eigenvalue weighted by atomic mass is 35.5. The lowest BCUT2D eigenvalue weighted by Gasteiger charge is -2.49. The van der Waals surface area contributed by atoms with Gasteiger partial charge in [0.25, 0.3) is 0 Å². The lowest BCUT2D eigenvalue weighted by atomic mass is 9.95. The summed E-state index contributed by atoms with van der Waals surface area (Å²) in [6.07, 6.45) is 1.83. The van der Waals surface area contributed by atoms with Crippen LogP contribution in [0.3, 0.4) is 0 Å². The Labute approximate surface area is 329 Å². The van der Waals surface area contributed by atoms with Gasteiger partial charge in [-0.2, -0.15) is 4.98 Å². The molecule has 0 saturated carbocycles. The van der Waals surface area contributed by atoms with Gasteiger partial charge in [-0.3, -0.25) is 9.69 Å². The molecule has 5 heterocycles. The molecule has 3 unspecified atom stereocenters. The Morgan fingerprint density at radius 2 is 1.65 bits per heavy atom.